The molecule has 32 heavy (non-hydrogen) atoms. The van der Waals surface area contributed by atoms with Gasteiger partial charge in [-0.25, -0.2) is 5.10 Å². The Hall–Kier alpha value is -3.63. The summed E-state index contributed by atoms with van der Waals surface area (Å²) < 4.78 is 12.5. The van der Waals surface area contributed by atoms with E-state index in [9.17, 15) is 4.79 Å². The van der Waals surface area contributed by atoms with Crippen molar-refractivity contribution in [1.29, 1.82) is 0 Å². The van der Waals surface area contributed by atoms with Crippen molar-refractivity contribution in [3.8, 4) is 22.8 Å². The van der Waals surface area contributed by atoms with E-state index >= 15 is 0 Å². The number of anilines is 2. The number of rotatable bonds is 4. The molecule has 1 atom stereocenters. The van der Waals surface area contributed by atoms with Gasteiger partial charge < -0.3 is 14.8 Å². The lowest BCUT2D eigenvalue weighted by atomic mass is 9.92. The minimum absolute atomic E-state index is 0.256. The van der Waals surface area contributed by atoms with Crippen molar-refractivity contribution >= 4 is 34.8 Å². The maximum atomic E-state index is 12.8. The van der Waals surface area contributed by atoms with Crippen LogP contribution < -0.4 is 20.3 Å². The largest absolute Gasteiger partial charge is 0.497 e. The molecule has 0 radical (unpaired) electrons. The zero-order valence-corrected chi connectivity index (χ0v) is 18.3. The van der Waals surface area contributed by atoms with Crippen molar-refractivity contribution in [2.75, 3.05) is 19.5 Å². The second-order valence-electron chi connectivity index (χ2n) is 6.90. The number of ether oxygens (including phenoxy) is 2. The Balaban J connectivity index is 1.84. The molecule has 0 spiro atoms. The van der Waals surface area contributed by atoms with Gasteiger partial charge in [-0.15, -0.1) is 0 Å². The first-order valence-corrected chi connectivity index (χ1v) is 10.1. The molecule has 162 valence electrons. The van der Waals surface area contributed by atoms with Gasteiger partial charge in [0.15, 0.2) is 0 Å². The van der Waals surface area contributed by atoms with Gasteiger partial charge in [0.1, 0.15) is 28.9 Å². The number of nitrogens with one attached hydrogen (secondary N) is 2. The van der Waals surface area contributed by atoms with Gasteiger partial charge in [-0.2, -0.15) is 9.78 Å². The molecule has 12 heteroatoms. The van der Waals surface area contributed by atoms with Gasteiger partial charge in [-0.1, -0.05) is 28.3 Å². The number of benzene rings is 2. The number of halogens is 2. The number of fused-ring (bicyclic) bond motifs is 2. The molecule has 0 unspecified atom stereocenters. The third-order valence-electron chi connectivity index (χ3n) is 5.19. The van der Waals surface area contributed by atoms with Crippen LogP contribution >= 0.6 is 23.2 Å². The summed E-state index contributed by atoms with van der Waals surface area (Å²) in [6, 6.07) is 9.77. The Morgan fingerprint density at radius 1 is 1.09 bits per heavy atom. The molecule has 1 aliphatic heterocycles. The van der Waals surface area contributed by atoms with E-state index in [0.717, 1.165) is 0 Å². The number of nitrogens with zero attached hydrogens (tertiary/aromatic N) is 5. The molecule has 0 bridgehead atoms. The van der Waals surface area contributed by atoms with Crippen molar-refractivity contribution in [3.05, 3.63) is 67.9 Å². The molecule has 10 nitrogen and oxygen atoms in total. The lowest BCUT2D eigenvalue weighted by Gasteiger charge is -2.29. The Labute approximate surface area is 191 Å². The van der Waals surface area contributed by atoms with E-state index in [-0.39, 0.29) is 5.69 Å². The predicted molar refractivity (Wildman–Crippen MR) is 118 cm³/mol. The molecule has 4 aromatic rings. The fourth-order valence-corrected chi connectivity index (χ4v) is 4.25. The predicted octanol–water partition coefficient (Wildman–Crippen LogP) is 3.44. The third kappa shape index (κ3) is 3.15. The Morgan fingerprint density at radius 2 is 1.94 bits per heavy atom. The van der Waals surface area contributed by atoms with Crippen LogP contribution in [0.1, 0.15) is 17.2 Å². The summed E-state index contributed by atoms with van der Waals surface area (Å²) in [6.07, 6.45) is 0. The summed E-state index contributed by atoms with van der Waals surface area (Å²) in [5.41, 5.74) is 2.08. The molecule has 0 fully saturated rings. The first kappa shape index (κ1) is 20.3. The fraction of sp³-hybridized carbons (Fsp3) is 0.150. The number of methoxy groups -OCH3 is 2. The van der Waals surface area contributed by atoms with Crippen molar-refractivity contribution in [2.24, 2.45) is 0 Å². The van der Waals surface area contributed by atoms with Crippen LogP contribution in [0, 0.1) is 0 Å². The molecule has 0 saturated carbocycles. The zero-order valence-electron chi connectivity index (χ0n) is 16.8. The molecule has 2 aromatic carbocycles. The SMILES string of the molecule is COc1ccc([C@@H]2c3c(-c4ccc(Cl)cc4Cl)n[nH]c(=O)c3Nc3nnnn32)c(OC)c1. The van der Waals surface area contributed by atoms with Crippen LogP contribution in [0.3, 0.4) is 0 Å². The average molecular weight is 472 g/mol. The Morgan fingerprint density at radius 3 is 2.69 bits per heavy atom. The molecule has 0 amide bonds. The smallest absolute Gasteiger partial charge is 0.288 e. The summed E-state index contributed by atoms with van der Waals surface area (Å²) in [5.74, 6) is 1.43. The van der Waals surface area contributed by atoms with Crippen LogP contribution in [0.15, 0.2) is 41.2 Å². The highest BCUT2D eigenvalue weighted by atomic mass is 35.5. The topological polar surface area (TPSA) is 120 Å². The van der Waals surface area contributed by atoms with Crippen LogP contribution in [0.5, 0.6) is 11.5 Å². The quantitative estimate of drug-likeness (QED) is 0.408. The zero-order chi connectivity index (χ0) is 22.4. The second kappa shape index (κ2) is 7.81. The standard InChI is InChI=1S/C20H15Cl2N7O3/c1-31-10-4-6-12(14(8-10)32-2)18-15-16(11-5-3-9(21)7-13(11)22)24-25-19(30)17(15)23-20-26-27-28-29(18)20/h3-8,18H,1-2H3,(H,25,30)(H,23,26,28)/t18-/m1/s1. The monoisotopic (exact) mass is 471 g/mol. The first-order chi connectivity index (χ1) is 15.5. The molecule has 2 N–H and O–H groups in total. The lowest BCUT2D eigenvalue weighted by Crippen LogP contribution is -2.29. The van der Waals surface area contributed by atoms with E-state index in [1.807, 2.05) is 6.07 Å². The van der Waals surface area contributed by atoms with Gasteiger partial charge in [0.05, 0.1) is 19.2 Å². The van der Waals surface area contributed by atoms with Gasteiger partial charge in [-0.05, 0) is 40.8 Å². The summed E-state index contributed by atoms with van der Waals surface area (Å²) in [5, 5.41) is 22.6. The van der Waals surface area contributed by atoms with E-state index in [4.69, 9.17) is 32.7 Å². The minimum atomic E-state index is -0.645. The molecule has 3 heterocycles. The summed E-state index contributed by atoms with van der Waals surface area (Å²) in [4.78, 5) is 12.8. The van der Waals surface area contributed by atoms with Gasteiger partial charge in [-0.3, -0.25) is 4.79 Å². The van der Waals surface area contributed by atoms with Crippen LogP contribution in [-0.2, 0) is 0 Å². The first-order valence-electron chi connectivity index (χ1n) is 9.36. The van der Waals surface area contributed by atoms with E-state index in [1.54, 1.807) is 49.2 Å². The van der Waals surface area contributed by atoms with E-state index < -0.39 is 11.6 Å². The molecule has 0 aliphatic carbocycles. The van der Waals surface area contributed by atoms with Crippen LogP contribution in [-0.4, -0.2) is 44.6 Å². The fourth-order valence-electron chi connectivity index (χ4n) is 3.76. The maximum absolute atomic E-state index is 12.8. The number of tetrazole rings is 1. The summed E-state index contributed by atoms with van der Waals surface area (Å²) in [6.45, 7) is 0. The van der Waals surface area contributed by atoms with Crippen molar-refractivity contribution < 1.29 is 9.47 Å². The molecular weight excluding hydrogens is 457 g/mol. The molecular formula is C20H15Cl2N7O3. The number of hydrogen-bond donors (Lipinski definition) is 2. The van der Waals surface area contributed by atoms with Gasteiger partial charge in [0, 0.05) is 27.8 Å². The van der Waals surface area contributed by atoms with E-state index in [1.165, 1.54) is 0 Å². The summed E-state index contributed by atoms with van der Waals surface area (Å²) in [7, 11) is 3.12. The van der Waals surface area contributed by atoms with Crippen LogP contribution in [0.4, 0.5) is 11.6 Å². The highest BCUT2D eigenvalue weighted by molar-refractivity contribution is 6.36. The normalized spacial score (nSPS) is 14.3. The third-order valence-corrected chi connectivity index (χ3v) is 5.74. The highest BCUT2D eigenvalue weighted by Gasteiger charge is 2.36. The van der Waals surface area contributed by atoms with Crippen LogP contribution in [0.2, 0.25) is 10.0 Å². The Bertz CT molecular complexity index is 1400. The lowest BCUT2D eigenvalue weighted by molar-refractivity contribution is 0.386. The second-order valence-corrected chi connectivity index (χ2v) is 7.74. The van der Waals surface area contributed by atoms with Crippen molar-refractivity contribution in [3.63, 3.8) is 0 Å². The number of hydrogen-bond acceptors (Lipinski definition) is 8. The van der Waals surface area contributed by atoms with Crippen molar-refractivity contribution in [1.82, 2.24) is 30.4 Å². The van der Waals surface area contributed by atoms with E-state index in [2.05, 4.69) is 31.0 Å². The number of H-pyrrole nitrogens is 1. The number of aromatic amines is 1. The number of aromatic nitrogens is 6. The van der Waals surface area contributed by atoms with Crippen LogP contribution in [0.25, 0.3) is 11.3 Å². The van der Waals surface area contributed by atoms with Gasteiger partial charge in [0.2, 0.25) is 5.95 Å². The highest BCUT2D eigenvalue weighted by Crippen LogP contribution is 2.45. The summed E-state index contributed by atoms with van der Waals surface area (Å²) >= 11 is 12.6. The van der Waals surface area contributed by atoms with Gasteiger partial charge in [0.25, 0.3) is 5.56 Å². The molecule has 5 rings (SSSR count). The van der Waals surface area contributed by atoms with E-state index in [0.29, 0.717) is 49.9 Å². The molecule has 0 saturated heterocycles. The van der Waals surface area contributed by atoms with Gasteiger partial charge >= 0.3 is 0 Å². The Kier molecular flexibility index (Phi) is 4.95. The molecule has 2 aromatic heterocycles. The molecule has 1 aliphatic rings. The average Bonchev–Trinajstić information content (AvgIpc) is 3.27. The maximum Gasteiger partial charge on any atom is 0.288 e. The minimum Gasteiger partial charge on any atom is -0.497 e. The van der Waals surface area contributed by atoms with Crippen molar-refractivity contribution in [2.45, 2.75) is 6.04 Å².